The second kappa shape index (κ2) is 9.01. The number of anilines is 1. The zero-order valence-electron chi connectivity index (χ0n) is 15.6. The van der Waals surface area contributed by atoms with Gasteiger partial charge in [0, 0.05) is 24.2 Å². The number of sulfone groups is 1. The van der Waals surface area contributed by atoms with Crippen LogP contribution in [-0.2, 0) is 14.6 Å². The third-order valence-corrected chi connectivity index (χ3v) is 7.16. The van der Waals surface area contributed by atoms with E-state index >= 15 is 0 Å². The number of amides is 2. The average Bonchev–Trinajstić information content (AvgIpc) is 3.25. The van der Waals surface area contributed by atoms with E-state index < -0.39 is 9.84 Å². The van der Waals surface area contributed by atoms with Gasteiger partial charge in [-0.05, 0) is 49.2 Å². The minimum atomic E-state index is -3.29. The SMILES string of the molecule is O=C(CCNC(=O)c1ccccc1)Nc1ccc(S(=O)(=O)C2CCCC2)cc1. The van der Waals surface area contributed by atoms with Crippen LogP contribution in [0.5, 0.6) is 0 Å². The second-order valence-corrected chi connectivity index (χ2v) is 9.12. The predicted octanol–water partition coefficient (Wildman–Crippen LogP) is 3.16. The molecule has 1 aliphatic rings. The highest BCUT2D eigenvalue weighted by molar-refractivity contribution is 7.92. The lowest BCUT2D eigenvalue weighted by Crippen LogP contribution is -2.27. The first-order chi connectivity index (χ1) is 13.5. The van der Waals surface area contributed by atoms with Gasteiger partial charge in [-0.25, -0.2) is 8.42 Å². The van der Waals surface area contributed by atoms with Crippen molar-refractivity contribution in [3.8, 4) is 0 Å². The van der Waals surface area contributed by atoms with Crippen LogP contribution in [0.25, 0.3) is 0 Å². The van der Waals surface area contributed by atoms with E-state index in [-0.39, 0.29) is 30.0 Å². The summed E-state index contributed by atoms with van der Waals surface area (Å²) in [6, 6.07) is 15.1. The van der Waals surface area contributed by atoms with Crippen LogP contribution in [0.4, 0.5) is 5.69 Å². The number of nitrogens with one attached hydrogen (secondary N) is 2. The summed E-state index contributed by atoms with van der Waals surface area (Å²) in [6.07, 6.45) is 3.48. The second-order valence-electron chi connectivity index (χ2n) is 6.90. The predicted molar refractivity (Wildman–Crippen MR) is 108 cm³/mol. The van der Waals surface area contributed by atoms with Crippen molar-refractivity contribution in [1.29, 1.82) is 0 Å². The topological polar surface area (TPSA) is 92.3 Å². The van der Waals surface area contributed by atoms with E-state index in [0.29, 0.717) is 16.1 Å². The van der Waals surface area contributed by atoms with Gasteiger partial charge in [-0.3, -0.25) is 9.59 Å². The fourth-order valence-electron chi connectivity index (χ4n) is 3.32. The number of carbonyl (C=O) groups is 2. The highest BCUT2D eigenvalue weighted by Gasteiger charge is 2.30. The van der Waals surface area contributed by atoms with Crippen molar-refractivity contribution in [3.63, 3.8) is 0 Å². The van der Waals surface area contributed by atoms with Gasteiger partial charge in [0.15, 0.2) is 9.84 Å². The summed E-state index contributed by atoms with van der Waals surface area (Å²) >= 11 is 0. The zero-order chi connectivity index (χ0) is 20.0. The van der Waals surface area contributed by atoms with Crippen molar-refractivity contribution in [2.45, 2.75) is 42.2 Å². The maximum Gasteiger partial charge on any atom is 0.251 e. The van der Waals surface area contributed by atoms with Crippen molar-refractivity contribution in [2.24, 2.45) is 0 Å². The van der Waals surface area contributed by atoms with Crippen molar-refractivity contribution < 1.29 is 18.0 Å². The van der Waals surface area contributed by atoms with E-state index in [1.54, 1.807) is 48.5 Å². The molecule has 0 radical (unpaired) electrons. The van der Waals surface area contributed by atoms with E-state index in [1.165, 1.54) is 0 Å². The third kappa shape index (κ3) is 4.98. The molecule has 1 fully saturated rings. The molecule has 1 saturated carbocycles. The van der Waals surface area contributed by atoms with Crippen molar-refractivity contribution >= 4 is 27.3 Å². The molecule has 0 saturated heterocycles. The quantitative estimate of drug-likeness (QED) is 0.747. The molecule has 0 spiro atoms. The van der Waals surface area contributed by atoms with E-state index in [0.717, 1.165) is 25.7 Å². The normalized spacial score (nSPS) is 14.6. The van der Waals surface area contributed by atoms with E-state index in [9.17, 15) is 18.0 Å². The summed E-state index contributed by atoms with van der Waals surface area (Å²) in [5.41, 5.74) is 1.08. The number of rotatable bonds is 7. The maximum absolute atomic E-state index is 12.6. The van der Waals surface area contributed by atoms with Crippen LogP contribution in [0, 0.1) is 0 Å². The fourth-order valence-corrected chi connectivity index (χ4v) is 5.18. The van der Waals surface area contributed by atoms with E-state index in [2.05, 4.69) is 10.6 Å². The van der Waals surface area contributed by atoms with Gasteiger partial charge in [0.05, 0.1) is 10.1 Å². The molecular weight excluding hydrogens is 376 g/mol. The summed E-state index contributed by atoms with van der Waals surface area (Å²) < 4.78 is 25.1. The molecule has 0 bridgehead atoms. The molecule has 0 aliphatic heterocycles. The summed E-state index contributed by atoms with van der Waals surface area (Å²) in [5.74, 6) is -0.477. The molecule has 0 atom stereocenters. The standard InChI is InChI=1S/C21H24N2O4S/c24-20(14-15-22-21(25)16-6-2-1-3-7-16)23-17-10-12-19(13-11-17)28(26,27)18-8-4-5-9-18/h1-3,6-7,10-13,18H,4-5,8-9,14-15H2,(H,22,25)(H,23,24). The Morgan fingerprint density at radius 3 is 2.21 bits per heavy atom. The van der Waals surface area contributed by atoms with Crippen LogP contribution in [-0.4, -0.2) is 32.0 Å². The van der Waals surface area contributed by atoms with Gasteiger partial charge >= 0.3 is 0 Å². The zero-order valence-corrected chi connectivity index (χ0v) is 16.4. The van der Waals surface area contributed by atoms with Crippen molar-refractivity contribution in [3.05, 3.63) is 60.2 Å². The number of carbonyl (C=O) groups excluding carboxylic acids is 2. The van der Waals surface area contributed by atoms with Gasteiger partial charge in [0.2, 0.25) is 5.91 Å². The molecular formula is C21H24N2O4S. The Bertz CT molecular complexity index is 919. The number of benzene rings is 2. The molecule has 7 heteroatoms. The molecule has 0 aromatic heterocycles. The fraction of sp³-hybridized carbons (Fsp3) is 0.333. The smallest absolute Gasteiger partial charge is 0.251 e. The van der Waals surface area contributed by atoms with Crippen LogP contribution in [0.15, 0.2) is 59.5 Å². The lowest BCUT2D eigenvalue weighted by Gasteiger charge is -2.12. The summed E-state index contributed by atoms with van der Waals surface area (Å²) in [4.78, 5) is 24.3. The molecule has 2 N–H and O–H groups in total. The Morgan fingerprint density at radius 2 is 1.57 bits per heavy atom. The lowest BCUT2D eigenvalue weighted by molar-refractivity contribution is -0.116. The molecule has 3 rings (SSSR count). The summed E-state index contributed by atoms with van der Waals surface area (Å²) in [7, 11) is -3.29. The Morgan fingerprint density at radius 1 is 0.929 bits per heavy atom. The first-order valence-electron chi connectivity index (χ1n) is 9.44. The highest BCUT2D eigenvalue weighted by Crippen LogP contribution is 2.30. The molecule has 0 unspecified atom stereocenters. The lowest BCUT2D eigenvalue weighted by atomic mass is 10.2. The van der Waals surface area contributed by atoms with Crippen LogP contribution < -0.4 is 10.6 Å². The van der Waals surface area contributed by atoms with E-state index in [1.807, 2.05) is 6.07 Å². The average molecular weight is 401 g/mol. The molecule has 148 valence electrons. The Kier molecular flexibility index (Phi) is 6.46. The molecule has 1 aliphatic carbocycles. The van der Waals surface area contributed by atoms with Gasteiger partial charge in [-0.2, -0.15) is 0 Å². The van der Waals surface area contributed by atoms with Crippen LogP contribution in [0.2, 0.25) is 0 Å². The van der Waals surface area contributed by atoms with Gasteiger partial charge in [0.25, 0.3) is 5.91 Å². The van der Waals surface area contributed by atoms with Crippen LogP contribution >= 0.6 is 0 Å². The summed E-state index contributed by atoms with van der Waals surface area (Å²) in [6.45, 7) is 0.216. The molecule has 2 amide bonds. The largest absolute Gasteiger partial charge is 0.352 e. The molecule has 28 heavy (non-hydrogen) atoms. The van der Waals surface area contributed by atoms with Crippen molar-refractivity contribution in [2.75, 3.05) is 11.9 Å². The monoisotopic (exact) mass is 400 g/mol. The van der Waals surface area contributed by atoms with E-state index in [4.69, 9.17) is 0 Å². The Labute approximate surface area is 165 Å². The molecule has 6 nitrogen and oxygen atoms in total. The van der Waals surface area contributed by atoms with Gasteiger partial charge < -0.3 is 10.6 Å². The Hall–Kier alpha value is -2.67. The molecule has 2 aromatic carbocycles. The van der Waals surface area contributed by atoms with Gasteiger partial charge in [0.1, 0.15) is 0 Å². The first kappa shape index (κ1) is 20.1. The Balaban J connectivity index is 1.48. The summed E-state index contributed by atoms with van der Waals surface area (Å²) in [5, 5.41) is 5.12. The minimum Gasteiger partial charge on any atom is -0.352 e. The highest BCUT2D eigenvalue weighted by atomic mass is 32.2. The van der Waals surface area contributed by atoms with Crippen LogP contribution in [0.3, 0.4) is 0 Å². The molecule has 2 aromatic rings. The maximum atomic E-state index is 12.6. The first-order valence-corrected chi connectivity index (χ1v) is 11.0. The minimum absolute atomic E-state index is 0.126. The van der Waals surface area contributed by atoms with Crippen LogP contribution in [0.1, 0.15) is 42.5 Å². The third-order valence-electron chi connectivity index (χ3n) is 4.88. The number of hydrogen-bond acceptors (Lipinski definition) is 4. The molecule has 0 heterocycles. The van der Waals surface area contributed by atoms with Gasteiger partial charge in [-0.15, -0.1) is 0 Å². The van der Waals surface area contributed by atoms with Crippen molar-refractivity contribution in [1.82, 2.24) is 5.32 Å². The number of hydrogen-bond donors (Lipinski definition) is 2. The van der Waals surface area contributed by atoms with Gasteiger partial charge in [-0.1, -0.05) is 31.0 Å².